The van der Waals surface area contributed by atoms with Crippen LogP contribution in [0, 0.1) is 5.94 Å². The summed E-state index contributed by atoms with van der Waals surface area (Å²) in [5.74, 6) is 2.73. The Morgan fingerprint density at radius 2 is 2.83 bits per heavy atom. The maximum Gasteiger partial charge on any atom is 0.141 e. The fourth-order valence-corrected chi connectivity index (χ4v) is 0.709. The highest BCUT2D eigenvalue weighted by atomic mass is 32.2. The van der Waals surface area contributed by atoms with Gasteiger partial charge in [0, 0.05) is 5.88 Å². The van der Waals surface area contributed by atoms with E-state index in [0.29, 0.717) is 6.73 Å². The highest BCUT2D eigenvalue weighted by Crippen LogP contribution is 2.06. The lowest BCUT2D eigenvalue weighted by Crippen LogP contribution is -2.20. The van der Waals surface area contributed by atoms with Gasteiger partial charge in [-0.1, -0.05) is 0 Å². The Morgan fingerprint density at radius 3 is 3.00 bits per heavy atom. The summed E-state index contributed by atoms with van der Waals surface area (Å²) in [7, 11) is 0. The number of nitrogens with one attached hydrogen (secondary N) is 1. The summed E-state index contributed by atoms with van der Waals surface area (Å²) in [5, 5.41) is 2.99. The van der Waals surface area contributed by atoms with E-state index in [1.165, 1.54) is 0 Å². The third kappa shape index (κ3) is 1.16. The lowest BCUT2D eigenvalue weighted by molar-refractivity contribution is 0.203. The molecular weight excluding hydrogens is 98.1 g/mol. The fraction of sp³-hybridized carbons (Fsp3) is 0.667. The molecule has 1 fully saturated rings. The molecule has 0 aromatic rings. The van der Waals surface area contributed by atoms with Crippen molar-refractivity contribution in [1.29, 1.82) is 0 Å². The van der Waals surface area contributed by atoms with Crippen molar-refractivity contribution in [2.45, 2.75) is 0 Å². The van der Waals surface area contributed by atoms with Crippen LogP contribution in [0.3, 0.4) is 0 Å². The van der Waals surface area contributed by atoms with Crippen molar-refractivity contribution in [3.63, 3.8) is 0 Å². The van der Waals surface area contributed by atoms with Crippen LogP contribution in [0.5, 0.6) is 0 Å². The molecule has 6 heavy (non-hydrogen) atoms. The molecule has 0 aromatic heterocycles. The Balaban J connectivity index is 2.00. The minimum atomic E-state index is 0.674. The highest BCUT2D eigenvalue weighted by Gasteiger charge is 1.94. The molecule has 1 rings (SSSR count). The molecule has 0 bridgehead atoms. The summed E-state index contributed by atoms with van der Waals surface area (Å²) in [5.41, 5.74) is 0. The molecule has 1 aliphatic heterocycles. The maximum atomic E-state index is 4.80. The zero-order chi connectivity index (χ0) is 4.24. The molecule has 1 saturated heterocycles. The first-order chi connectivity index (χ1) is 3.00. The third-order valence-corrected chi connectivity index (χ3v) is 1.15. The summed E-state index contributed by atoms with van der Waals surface area (Å²) >= 11 is 1.64. The van der Waals surface area contributed by atoms with Gasteiger partial charge in [0.1, 0.15) is 5.94 Å². The molecule has 0 aromatic carbocycles. The zero-order valence-electron chi connectivity index (χ0n) is 3.31. The van der Waals surface area contributed by atoms with Crippen molar-refractivity contribution in [1.82, 2.24) is 5.32 Å². The number of hydrogen-bond acceptors (Lipinski definition) is 3. The average molecular weight is 104 g/mol. The van der Waals surface area contributed by atoms with E-state index in [0.717, 1.165) is 5.88 Å². The Bertz CT molecular complexity index is 26.3. The van der Waals surface area contributed by atoms with Crippen LogP contribution in [-0.4, -0.2) is 12.6 Å². The van der Waals surface area contributed by atoms with Crippen LogP contribution in [0.15, 0.2) is 0 Å². The second kappa shape index (κ2) is 2.44. The van der Waals surface area contributed by atoms with Crippen LogP contribution in [0.2, 0.25) is 0 Å². The van der Waals surface area contributed by atoms with Gasteiger partial charge in [-0.25, -0.2) is 0 Å². The third-order valence-electron chi connectivity index (χ3n) is 0.507. The molecule has 0 amide bonds. The number of thioether (sulfide) groups is 1. The van der Waals surface area contributed by atoms with Gasteiger partial charge in [-0.05, 0) is 0 Å². The molecule has 35 valence electrons. The van der Waals surface area contributed by atoms with Gasteiger partial charge >= 0.3 is 0 Å². The molecule has 1 N–H and O–H groups in total. The number of hydrogen-bond donors (Lipinski definition) is 1. The van der Waals surface area contributed by atoms with Crippen LogP contribution in [-0.2, 0) is 4.74 Å². The quantitative estimate of drug-likeness (QED) is 0.480. The summed E-state index contributed by atoms with van der Waals surface area (Å²) in [6.45, 7) is 0.674. The van der Waals surface area contributed by atoms with Crippen LogP contribution < -0.4 is 5.32 Å². The van der Waals surface area contributed by atoms with Crippen molar-refractivity contribution >= 4 is 11.8 Å². The van der Waals surface area contributed by atoms with Crippen molar-refractivity contribution in [3.05, 3.63) is 5.94 Å². The van der Waals surface area contributed by atoms with E-state index in [-0.39, 0.29) is 0 Å². The minimum absolute atomic E-state index is 0.674. The molecule has 0 unspecified atom stereocenters. The average Bonchev–Trinajstić information content (AvgIpc) is 1.72. The second-order valence-electron chi connectivity index (χ2n) is 0.968. The van der Waals surface area contributed by atoms with Gasteiger partial charge in [-0.2, -0.15) is 0 Å². The molecule has 0 saturated carbocycles. The van der Waals surface area contributed by atoms with E-state index in [1.807, 2.05) is 0 Å². The topological polar surface area (TPSA) is 21.3 Å². The van der Waals surface area contributed by atoms with Gasteiger partial charge in [0.05, 0.1) is 6.73 Å². The normalized spacial score (nSPS) is 24.0. The number of ether oxygens (including phenoxy) is 1. The summed E-state index contributed by atoms with van der Waals surface area (Å²) < 4.78 is 4.80. The van der Waals surface area contributed by atoms with E-state index in [4.69, 9.17) is 4.74 Å². The van der Waals surface area contributed by atoms with Gasteiger partial charge in [0.15, 0.2) is 0 Å². The Kier molecular flexibility index (Phi) is 1.80. The summed E-state index contributed by atoms with van der Waals surface area (Å²) in [6, 6.07) is 0. The van der Waals surface area contributed by atoms with E-state index in [9.17, 15) is 0 Å². The predicted molar refractivity (Wildman–Crippen MR) is 25.8 cm³/mol. The Morgan fingerprint density at radius 1 is 1.83 bits per heavy atom. The highest BCUT2D eigenvalue weighted by molar-refractivity contribution is 8.01. The first-order valence-corrected chi connectivity index (χ1v) is 2.80. The molecule has 0 spiro atoms. The van der Waals surface area contributed by atoms with Gasteiger partial charge < -0.3 is 4.74 Å². The van der Waals surface area contributed by atoms with Gasteiger partial charge in [-0.3, -0.25) is 5.32 Å². The second-order valence-corrected chi connectivity index (χ2v) is 1.78. The van der Waals surface area contributed by atoms with E-state index < -0.39 is 0 Å². The van der Waals surface area contributed by atoms with Crippen LogP contribution in [0.4, 0.5) is 0 Å². The van der Waals surface area contributed by atoms with Crippen molar-refractivity contribution in [3.8, 4) is 0 Å². The largest absolute Gasteiger partial charge is 0.349 e. The van der Waals surface area contributed by atoms with Gasteiger partial charge in [0.2, 0.25) is 0 Å². The fourth-order valence-electron chi connectivity index (χ4n) is 0.276. The van der Waals surface area contributed by atoms with E-state index in [1.54, 1.807) is 17.7 Å². The SMILES string of the molecule is [CH]1OCNCS1. The number of rotatable bonds is 0. The van der Waals surface area contributed by atoms with Gasteiger partial charge in [0.25, 0.3) is 0 Å². The molecule has 0 aliphatic carbocycles. The smallest absolute Gasteiger partial charge is 0.141 e. The monoisotopic (exact) mass is 104 g/mol. The summed E-state index contributed by atoms with van der Waals surface area (Å²) in [6.07, 6.45) is 0. The standard InChI is InChI=1S/C3H6NOS/c1-4-2-6-3-5-1/h3-4H,1-2H2. The first kappa shape index (κ1) is 4.43. The van der Waals surface area contributed by atoms with Gasteiger partial charge in [-0.15, -0.1) is 11.8 Å². The molecule has 0 atom stereocenters. The lowest BCUT2D eigenvalue weighted by atomic mass is 11.1. The van der Waals surface area contributed by atoms with Crippen LogP contribution in [0.1, 0.15) is 0 Å². The molecule has 1 aliphatic rings. The summed E-state index contributed by atoms with van der Waals surface area (Å²) in [4.78, 5) is 0. The molecular formula is C3H6NOS. The van der Waals surface area contributed by atoms with Crippen molar-refractivity contribution < 1.29 is 4.74 Å². The predicted octanol–water partition coefficient (Wildman–Crippen LogP) is 0.374. The van der Waals surface area contributed by atoms with E-state index >= 15 is 0 Å². The van der Waals surface area contributed by atoms with Crippen LogP contribution in [0.25, 0.3) is 0 Å². The molecule has 1 radical (unpaired) electrons. The first-order valence-electron chi connectivity index (χ1n) is 1.76. The lowest BCUT2D eigenvalue weighted by Gasteiger charge is -2.09. The Hall–Kier alpha value is 0.270. The van der Waals surface area contributed by atoms with Crippen molar-refractivity contribution in [2.75, 3.05) is 12.6 Å². The zero-order valence-corrected chi connectivity index (χ0v) is 4.12. The van der Waals surface area contributed by atoms with Crippen molar-refractivity contribution in [2.24, 2.45) is 0 Å². The molecule has 3 heteroatoms. The Labute approximate surface area is 41.2 Å². The maximum absolute atomic E-state index is 4.80. The minimum Gasteiger partial charge on any atom is -0.349 e. The molecule has 2 nitrogen and oxygen atoms in total. The molecule has 1 heterocycles. The van der Waals surface area contributed by atoms with Crippen LogP contribution >= 0.6 is 11.8 Å². The van der Waals surface area contributed by atoms with E-state index in [2.05, 4.69) is 5.32 Å².